The predicted octanol–water partition coefficient (Wildman–Crippen LogP) is 2.32. The average molecular weight is 265 g/mol. The third-order valence-corrected chi connectivity index (χ3v) is 2.82. The number of aromatic nitrogens is 2. The standard InChI is InChI=1S/C12H13ClN4O/c1-8(17-7-10(13)11(14)16-17)12(18)15-9-5-3-2-4-6-9/h2-8H,1H3,(H2,14,16)(H,15,18). The van der Waals surface area contributed by atoms with E-state index in [2.05, 4.69) is 10.4 Å². The van der Waals surface area contributed by atoms with Crippen molar-refractivity contribution in [3.05, 3.63) is 41.6 Å². The van der Waals surface area contributed by atoms with Gasteiger partial charge in [0.1, 0.15) is 11.1 Å². The fraction of sp³-hybridized carbons (Fsp3) is 0.167. The first-order valence-corrected chi connectivity index (χ1v) is 5.82. The number of carbonyl (C=O) groups excluding carboxylic acids is 1. The van der Waals surface area contributed by atoms with E-state index in [0.29, 0.717) is 5.02 Å². The number of nitrogens with one attached hydrogen (secondary N) is 1. The number of hydrogen-bond acceptors (Lipinski definition) is 3. The second kappa shape index (κ2) is 5.10. The Morgan fingerprint density at radius 2 is 2.11 bits per heavy atom. The Morgan fingerprint density at radius 3 is 2.67 bits per heavy atom. The third-order valence-electron chi connectivity index (χ3n) is 2.53. The highest BCUT2D eigenvalue weighted by Crippen LogP contribution is 2.19. The Labute approximate surface area is 110 Å². The lowest BCUT2D eigenvalue weighted by molar-refractivity contribution is -0.119. The van der Waals surface area contributed by atoms with Crippen molar-refractivity contribution in [1.29, 1.82) is 0 Å². The van der Waals surface area contributed by atoms with Gasteiger partial charge in [-0.1, -0.05) is 29.8 Å². The molecule has 1 atom stereocenters. The smallest absolute Gasteiger partial charge is 0.248 e. The Morgan fingerprint density at radius 1 is 1.44 bits per heavy atom. The number of para-hydroxylation sites is 1. The van der Waals surface area contributed by atoms with Crippen LogP contribution in [0.25, 0.3) is 0 Å². The van der Waals surface area contributed by atoms with Gasteiger partial charge in [0.25, 0.3) is 0 Å². The molecule has 0 saturated heterocycles. The van der Waals surface area contributed by atoms with Crippen molar-refractivity contribution in [3.63, 3.8) is 0 Å². The van der Waals surface area contributed by atoms with Gasteiger partial charge in [0, 0.05) is 11.9 Å². The van der Waals surface area contributed by atoms with Gasteiger partial charge in [-0.05, 0) is 19.1 Å². The SMILES string of the molecule is CC(C(=O)Nc1ccccc1)n1cc(Cl)c(N)n1. The van der Waals surface area contributed by atoms with Gasteiger partial charge in [0.2, 0.25) is 5.91 Å². The maximum absolute atomic E-state index is 12.0. The number of nitrogens with two attached hydrogens (primary N) is 1. The molecule has 1 aromatic heterocycles. The van der Waals surface area contributed by atoms with Crippen molar-refractivity contribution < 1.29 is 4.79 Å². The van der Waals surface area contributed by atoms with Gasteiger partial charge in [-0.25, -0.2) is 0 Å². The van der Waals surface area contributed by atoms with E-state index in [1.54, 1.807) is 6.92 Å². The number of benzene rings is 1. The van der Waals surface area contributed by atoms with Crippen molar-refractivity contribution in [2.45, 2.75) is 13.0 Å². The molecule has 18 heavy (non-hydrogen) atoms. The molecule has 0 radical (unpaired) electrons. The monoisotopic (exact) mass is 264 g/mol. The summed E-state index contributed by atoms with van der Waals surface area (Å²) in [4.78, 5) is 12.0. The van der Waals surface area contributed by atoms with Gasteiger partial charge in [-0.3, -0.25) is 9.48 Å². The summed E-state index contributed by atoms with van der Waals surface area (Å²) < 4.78 is 1.44. The largest absolute Gasteiger partial charge is 0.381 e. The first-order valence-electron chi connectivity index (χ1n) is 5.44. The number of rotatable bonds is 3. The van der Waals surface area contributed by atoms with Crippen LogP contribution < -0.4 is 11.1 Å². The van der Waals surface area contributed by atoms with Crippen LogP contribution in [0.2, 0.25) is 5.02 Å². The summed E-state index contributed by atoms with van der Waals surface area (Å²) in [6, 6.07) is 8.73. The molecular formula is C12H13ClN4O. The summed E-state index contributed by atoms with van der Waals surface area (Å²) in [5.41, 5.74) is 6.27. The molecule has 2 rings (SSSR count). The van der Waals surface area contributed by atoms with Crippen LogP contribution in [0.15, 0.2) is 36.5 Å². The molecule has 1 unspecified atom stereocenters. The van der Waals surface area contributed by atoms with Crippen LogP contribution in [0.1, 0.15) is 13.0 Å². The quantitative estimate of drug-likeness (QED) is 0.894. The Bertz CT molecular complexity index is 533. The highest BCUT2D eigenvalue weighted by Gasteiger charge is 2.17. The summed E-state index contributed by atoms with van der Waals surface area (Å²) >= 11 is 5.80. The minimum absolute atomic E-state index is 0.180. The topological polar surface area (TPSA) is 72.9 Å². The normalized spacial score (nSPS) is 12.1. The van der Waals surface area contributed by atoms with Crippen LogP contribution in [-0.2, 0) is 4.79 Å². The van der Waals surface area contributed by atoms with Crippen molar-refractivity contribution in [2.24, 2.45) is 0 Å². The van der Waals surface area contributed by atoms with E-state index in [1.165, 1.54) is 10.9 Å². The van der Waals surface area contributed by atoms with Crippen LogP contribution in [0.3, 0.4) is 0 Å². The molecule has 1 heterocycles. The minimum Gasteiger partial charge on any atom is -0.381 e. The summed E-state index contributed by atoms with van der Waals surface area (Å²) in [6.07, 6.45) is 1.53. The van der Waals surface area contributed by atoms with E-state index in [9.17, 15) is 4.79 Å². The molecule has 0 aliphatic rings. The van der Waals surface area contributed by atoms with E-state index in [-0.39, 0.29) is 11.7 Å². The average Bonchev–Trinajstić information content (AvgIpc) is 2.70. The van der Waals surface area contributed by atoms with Crippen LogP contribution in [0.4, 0.5) is 11.5 Å². The molecule has 3 N–H and O–H groups in total. The lowest BCUT2D eigenvalue weighted by Crippen LogP contribution is -2.24. The summed E-state index contributed by atoms with van der Waals surface area (Å²) in [5.74, 6) is 0.0383. The molecule has 1 amide bonds. The van der Waals surface area contributed by atoms with Crippen molar-refractivity contribution in [1.82, 2.24) is 9.78 Å². The molecule has 6 heteroatoms. The molecule has 94 valence electrons. The van der Waals surface area contributed by atoms with Crippen LogP contribution >= 0.6 is 11.6 Å². The van der Waals surface area contributed by atoms with Gasteiger partial charge in [0.05, 0.1) is 0 Å². The van der Waals surface area contributed by atoms with E-state index in [4.69, 9.17) is 17.3 Å². The molecule has 0 aliphatic carbocycles. The zero-order valence-corrected chi connectivity index (χ0v) is 10.6. The minimum atomic E-state index is -0.486. The molecule has 0 saturated carbocycles. The molecule has 0 bridgehead atoms. The molecule has 0 fully saturated rings. The molecule has 0 spiro atoms. The van der Waals surface area contributed by atoms with Gasteiger partial charge in [0.15, 0.2) is 5.82 Å². The molecule has 0 aliphatic heterocycles. The Kier molecular flexibility index (Phi) is 3.53. The second-order valence-corrected chi connectivity index (χ2v) is 4.28. The van der Waals surface area contributed by atoms with Gasteiger partial charge >= 0.3 is 0 Å². The first kappa shape index (κ1) is 12.4. The number of nitrogens with zero attached hydrogens (tertiary/aromatic N) is 2. The summed E-state index contributed by atoms with van der Waals surface area (Å²) in [6.45, 7) is 1.72. The number of halogens is 1. The maximum atomic E-state index is 12.0. The van der Waals surface area contributed by atoms with E-state index >= 15 is 0 Å². The zero-order chi connectivity index (χ0) is 13.1. The van der Waals surface area contributed by atoms with Crippen molar-refractivity contribution >= 4 is 29.0 Å². The summed E-state index contributed by atoms with van der Waals surface area (Å²) in [7, 11) is 0. The van der Waals surface area contributed by atoms with Crippen molar-refractivity contribution in [3.8, 4) is 0 Å². The van der Waals surface area contributed by atoms with Crippen LogP contribution in [-0.4, -0.2) is 15.7 Å². The maximum Gasteiger partial charge on any atom is 0.248 e. The lowest BCUT2D eigenvalue weighted by atomic mass is 10.3. The summed E-state index contributed by atoms with van der Waals surface area (Å²) in [5, 5.41) is 7.10. The highest BCUT2D eigenvalue weighted by molar-refractivity contribution is 6.32. The van der Waals surface area contributed by atoms with Gasteiger partial charge < -0.3 is 11.1 Å². The van der Waals surface area contributed by atoms with Crippen LogP contribution in [0.5, 0.6) is 0 Å². The molecule has 1 aromatic carbocycles. The first-order chi connectivity index (χ1) is 8.58. The lowest BCUT2D eigenvalue weighted by Gasteiger charge is -2.12. The fourth-order valence-corrected chi connectivity index (χ4v) is 1.61. The zero-order valence-electron chi connectivity index (χ0n) is 9.80. The molecule has 2 aromatic rings. The number of amides is 1. The van der Waals surface area contributed by atoms with Gasteiger partial charge in [-0.2, -0.15) is 5.10 Å². The highest BCUT2D eigenvalue weighted by atomic mass is 35.5. The number of nitrogen functional groups attached to an aromatic ring is 1. The Balaban J connectivity index is 2.09. The van der Waals surface area contributed by atoms with E-state index in [0.717, 1.165) is 5.69 Å². The third kappa shape index (κ3) is 2.62. The van der Waals surface area contributed by atoms with Gasteiger partial charge in [-0.15, -0.1) is 0 Å². The molecular weight excluding hydrogens is 252 g/mol. The van der Waals surface area contributed by atoms with E-state index in [1.807, 2.05) is 30.3 Å². The second-order valence-electron chi connectivity index (χ2n) is 3.87. The molecule has 5 nitrogen and oxygen atoms in total. The number of carbonyl (C=O) groups is 1. The van der Waals surface area contributed by atoms with Crippen molar-refractivity contribution in [2.75, 3.05) is 11.1 Å². The number of hydrogen-bond donors (Lipinski definition) is 2. The Hall–Kier alpha value is -2.01. The predicted molar refractivity (Wildman–Crippen MR) is 71.4 cm³/mol. The fourth-order valence-electron chi connectivity index (χ4n) is 1.47. The van der Waals surface area contributed by atoms with E-state index < -0.39 is 6.04 Å². The van der Waals surface area contributed by atoms with Crippen LogP contribution in [0, 0.1) is 0 Å². The number of anilines is 2.